The van der Waals surface area contributed by atoms with E-state index >= 15 is 0 Å². The topological polar surface area (TPSA) is 105 Å². The maximum Gasteiger partial charge on any atom is 0.311 e. The molecule has 2 rings (SSSR count). The molecule has 0 aliphatic carbocycles. The molecule has 1 amide bonds. The van der Waals surface area contributed by atoms with E-state index in [9.17, 15) is 20.0 Å². The van der Waals surface area contributed by atoms with E-state index in [1.807, 2.05) is 0 Å². The van der Waals surface area contributed by atoms with Crippen molar-refractivity contribution in [3.05, 3.63) is 56.2 Å². The van der Waals surface area contributed by atoms with Crippen LogP contribution in [0.15, 0.2) is 34.9 Å². The third kappa shape index (κ3) is 3.16. The molecule has 0 aliphatic heterocycles. The Hall–Kier alpha value is -2.48. The highest BCUT2D eigenvalue weighted by Gasteiger charge is 2.21. The van der Waals surface area contributed by atoms with Gasteiger partial charge >= 0.3 is 5.69 Å². The van der Waals surface area contributed by atoms with E-state index in [0.717, 1.165) is 10.5 Å². The first-order valence-electron chi connectivity index (χ1n) is 5.80. The van der Waals surface area contributed by atoms with Crippen molar-refractivity contribution in [3.63, 3.8) is 0 Å². The predicted molar refractivity (Wildman–Crippen MR) is 79.4 cm³/mol. The number of aryl methyl sites for hydroxylation is 1. The lowest BCUT2D eigenvalue weighted by Gasteiger charge is -2.08. The summed E-state index contributed by atoms with van der Waals surface area (Å²) in [6.45, 7) is 1.75. The zero-order chi connectivity index (χ0) is 15.6. The van der Waals surface area contributed by atoms with Gasteiger partial charge in [0.2, 0.25) is 5.75 Å². The standard InChI is InChI=1S/C13H10BrN3O4/c1-7-5-8(14)6-15-12(7)16-13(19)9-3-2-4-10(11(9)18)17(20)21/h2-6,18H,1H3,(H,15,16,19). The number of benzene rings is 1. The summed E-state index contributed by atoms with van der Waals surface area (Å²) in [6.07, 6.45) is 1.51. The summed E-state index contributed by atoms with van der Waals surface area (Å²) in [4.78, 5) is 26.1. The molecular formula is C13H10BrN3O4. The molecule has 0 unspecified atom stereocenters. The van der Waals surface area contributed by atoms with Crippen molar-refractivity contribution in [2.24, 2.45) is 0 Å². The van der Waals surface area contributed by atoms with Gasteiger partial charge in [-0.3, -0.25) is 14.9 Å². The van der Waals surface area contributed by atoms with Gasteiger partial charge in [0.25, 0.3) is 5.91 Å². The van der Waals surface area contributed by atoms with Gasteiger partial charge in [-0.1, -0.05) is 6.07 Å². The van der Waals surface area contributed by atoms with E-state index in [0.29, 0.717) is 11.4 Å². The number of phenols is 1. The summed E-state index contributed by atoms with van der Waals surface area (Å²) in [5, 5.41) is 23.0. The van der Waals surface area contributed by atoms with Gasteiger partial charge in [0.1, 0.15) is 5.82 Å². The number of para-hydroxylation sites is 1. The first-order chi connectivity index (χ1) is 9.90. The Morgan fingerprint density at radius 2 is 2.19 bits per heavy atom. The lowest BCUT2D eigenvalue weighted by molar-refractivity contribution is -0.385. The molecule has 0 bridgehead atoms. The number of aromatic nitrogens is 1. The maximum atomic E-state index is 12.1. The van der Waals surface area contributed by atoms with Gasteiger partial charge in [-0.15, -0.1) is 0 Å². The Bertz CT molecular complexity index is 733. The summed E-state index contributed by atoms with van der Waals surface area (Å²) in [7, 11) is 0. The van der Waals surface area contributed by atoms with Crippen LogP contribution in [-0.4, -0.2) is 20.9 Å². The van der Waals surface area contributed by atoms with Crippen LogP contribution >= 0.6 is 15.9 Å². The van der Waals surface area contributed by atoms with Crippen LogP contribution in [0.5, 0.6) is 5.75 Å². The number of rotatable bonds is 3. The van der Waals surface area contributed by atoms with Crippen LogP contribution < -0.4 is 5.32 Å². The van der Waals surface area contributed by atoms with Crippen LogP contribution in [0, 0.1) is 17.0 Å². The summed E-state index contributed by atoms with van der Waals surface area (Å²) in [5.74, 6) is -1.03. The van der Waals surface area contributed by atoms with Gasteiger partial charge in [0.15, 0.2) is 0 Å². The molecule has 0 saturated carbocycles. The molecule has 0 fully saturated rings. The number of nitrogens with one attached hydrogen (secondary N) is 1. The van der Waals surface area contributed by atoms with Crippen molar-refractivity contribution < 1.29 is 14.8 Å². The Labute approximate surface area is 127 Å². The highest BCUT2D eigenvalue weighted by molar-refractivity contribution is 9.10. The fourth-order valence-electron chi connectivity index (χ4n) is 1.71. The highest BCUT2D eigenvalue weighted by atomic mass is 79.9. The molecule has 2 N–H and O–H groups in total. The summed E-state index contributed by atoms with van der Waals surface area (Å²) in [6, 6.07) is 5.51. The van der Waals surface area contributed by atoms with Crippen LogP contribution in [0.4, 0.5) is 11.5 Å². The third-order valence-electron chi connectivity index (χ3n) is 2.73. The van der Waals surface area contributed by atoms with Gasteiger partial charge in [-0.25, -0.2) is 4.98 Å². The molecule has 8 heteroatoms. The van der Waals surface area contributed by atoms with Crippen LogP contribution in [0.3, 0.4) is 0 Å². The van der Waals surface area contributed by atoms with E-state index in [2.05, 4.69) is 26.2 Å². The second-order valence-electron chi connectivity index (χ2n) is 4.20. The zero-order valence-corrected chi connectivity index (χ0v) is 12.4. The van der Waals surface area contributed by atoms with E-state index < -0.39 is 22.3 Å². The van der Waals surface area contributed by atoms with Gasteiger partial charge in [-0.05, 0) is 40.5 Å². The highest BCUT2D eigenvalue weighted by Crippen LogP contribution is 2.30. The predicted octanol–water partition coefficient (Wildman–Crippen LogP) is 3.02. The largest absolute Gasteiger partial charge is 0.502 e. The Balaban J connectivity index is 2.33. The molecule has 0 atom stereocenters. The van der Waals surface area contributed by atoms with E-state index in [1.165, 1.54) is 18.3 Å². The number of carbonyl (C=O) groups is 1. The molecule has 108 valence electrons. The number of phenolic OH excluding ortho intramolecular Hbond substituents is 1. The fraction of sp³-hybridized carbons (Fsp3) is 0.0769. The first-order valence-corrected chi connectivity index (χ1v) is 6.59. The molecule has 1 heterocycles. The molecule has 1 aromatic carbocycles. The SMILES string of the molecule is Cc1cc(Br)cnc1NC(=O)c1cccc([N+](=O)[O-])c1O. The number of hydrogen-bond acceptors (Lipinski definition) is 5. The quantitative estimate of drug-likeness (QED) is 0.653. The van der Waals surface area contributed by atoms with Gasteiger partial charge in [-0.2, -0.15) is 0 Å². The number of nitro benzene ring substituents is 1. The summed E-state index contributed by atoms with van der Waals surface area (Å²) >= 11 is 3.25. The number of halogens is 1. The van der Waals surface area contributed by atoms with Crippen molar-refractivity contribution in [2.75, 3.05) is 5.32 Å². The second-order valence-corrected chi connectivity index (χ2v) is 5.12. The number of carbonyl (C=O) groups excluding carboxylic acids is 1. The van der Waals surface area contributed by atoms with Crippen molar-refractivity contribution >= 4 is 33.3 Å². The molecular weight excluding hydrogens is 342 g/mol. The number of hydrogen-bond donors (Lipinski definition) is 2. The average Bonchev–Trinajstić information content (AvgIpc) is 2.41. The van der Waals surface area contributed by atoms with Crippen LogP contribution in [0.25, 0.3) is 0 Å². The lowest BCUT2D eigenvalue weighted by atomic mass is 10.1. The number of aromatic hydroxyl groups is 1. The lowest BCUT2D eigenvalue weighted by Crippen LogP contribution is -2.14. The minimum atomic E-state index is -0.755. The molecule has 0 aliphatic rings. The molecule has 7 nitrogen and oxygen atoms in total. The van der Waals surface area contributed by atoms with Crippen LogP contribution in [0.1, 0.15) is 15.9 Å². The normalized spacial score (nSPS) is 10.2. The molecule has 1 aromatic heterocycles. The Morgan fingerprint density at radius 3 is 2.81 bits per heavy atom. The maximum absolute atomic E-state index is 12.1. The minimum absolute atomic E-state index is 0.187. The zero-order valence-electron chi connectivity index (χ0n) is 10.8. The van der Waals surface area contributed by atoms with Crippen LogP contribution in [0.2, 0.25) is 0 Å². The molecule has 2 aromatic rings. The van der Waals surface area contributed by atoms with E-state index in [1.54, 1.807) is 13.0 Å². The van der Waals surface area contributed by atoms with Gasteiger partial charge in [0.05, 0.1) is 10.5 Å². The van der Waals surface area contributed by atoms with Crippen LogP contribution in [-0.2, 0) is 0 Å². The van der Waals surface area contributed by atoms with Crippen molar-refractivity contribution in [1.29, 1.82) is 0 Å². The molecule has 0 saturated heterocycles. The van der Waals surface area contributed by atoms with Crippen molar-refractivity contribution in [1.82, 2.24) is 4.98 Å². The number of nitrogens with zero attached hydrogens (tertiary/aromatic N) is 2. The van der Waals surface area contributed by atoms with Crippen molar-refractivity contribution in [2.45, 2.75) is 6.92 Å². The smallest absolute Gasteiger partial charge is 0.311 e. The number of nitro groups is 1. The molecule has 0 radical (unpaired) electrons. The monoisotopic (exact) mass is 351 g/mol. The van der Waals surface area contributed by atoms with Gasteiger partial charge in [0, 0.05) is 16.7 Å². The Kier molecular flexibility index (Phi) is 4.18. The minimum Gasteiger partial charge on any atom is -0.502 e. The molecule has 21 heavy (non-hydrogen) atoms. The van der Waals surface area contributed by atoms with E-state index in [4.69, 9.17) is 0 Å². The molecule has 0 spiro atoms. The average molecular weight is 352 g/mol. The fourth-order valence-corrected chi connectivity index (χ4v) is 2.15. The summed E-state index contributed by atoms with van der Waals surface area (Å²) < 4.78 is 0.760. The Morgan fingerprint density at radius 1 is 1.48 bits per heavy atom. The summed E-state index contributed by atoms with van der Waals surface area (Å²) in [5.41, 5.74) is -0.000832. The van der Waals surface area contributed by atoms with E-state index in [-0.39, 0.29) is 5.56 Å². The number of pyridine rings is 1. The number of anilines is 1. The second kappa shape index (κ2) is 5.88. The number of amides is 1. The third-order valence-corrected chi connectivity index (χ3v) is 3.17. The first kappa shape index (κ1) is 14.9. The van der Waals surface area contributed by atoms with Crippen molar-refractivity contribution in [3.8, 4) is 5.75 Å². The van der Waals surface area contributed by atoms with Gasteiger partial charge < -0.3 is 10.4 Å².